The summed E-state index contributed by atoms with van der Waals surface area (Å²) in [5.74, 6) is -0.0249. The molecule has 0 radical (unpaired) electrons. The molecule has 0 bridgehead atoms. The van der Waals surface area contributed by atoms with Crippen molar-refractivity contribution in [3.63, 3.8) is 0 Å². The summed E-state index contributed by atoms with van der Waals surface area (Å²) in [7, 11) is 0. The lowest BCUT2D eigenvalue weighted by atomic mass is 10.2. The van der Waals surface area contributed by atoms with Crippen LogP contribution in [0.15, 0.2) is 29.9 Å². The SMILES string of the molecule is CCOC(=O)c1nc(NCc2cncc(C)c2)nc2ccsc12. The molecule has 0 aromatic carbocycles. The standard InChI is InChI=1S/C16H16N4O2S/c1-3-22-15(21)13-14-12(4-5-23-14)19-16(20-13)18-9-11-6-10(2)7-17-8-11/h4-8H,3,9H2,1-2H3,(H,18,19,20). The molecule has 118 valence electrons. The van der Waals surface area contributed by atoms with Gasteiger partial charge in [0.25, 0.3) is 0 Å². The van der Waals surface area contributed by atoms with E-state index in [-0.39, 0.29) is 0 Å². The number of thiophene rings is 1. The number of nitrogens with zero attached hydrogens (tertiary/aromatic N) is 3. The van der Waals surface area contributed by atoms with Gasteiger partial charge in [-0.1, -0.05) is 6.07 Å². The first-order valence-electron chi connectivity index (χ1n) is 7.24. The highest BCUT2D eigenvalue weighted by molar-refractivity contribution is 7.17. The number of anilines is 1. The second-order valence-electron chi connectivity index (χ2n) is 4.98. The minimum atomic E-state index is -0.428. The van der Waals surface area contributed by atoms with Crippen molar-refractivity contribution >= 4 is 33.5 Å². The van der Waals surface area contributed by atoms with E-state index in [0.29, 0.717) is 24.8 Å². The Morgan fingerprint density at radius 3 is 3.00 bits per heavy atom. The number of carbonyl (C=O) groups excluding carboxylic acids is 1. The van der Waals surface area contributed by atoms with Crippen LogP contribution in [-0.2, 0) is 11.3 Å². The third-order valence-corrected chi connectivity index (χ3v) is 4.06. The van der Waals surface area contributed by atoms with E-state index in [1.165, 1.54) is 11.3 Å². The smallest absolute Gasteiger partial charge is 0.358 e. The second kappa shape index (κ2) is 6.70. The van der Waals surface area contributed by atoms with Crippen LogP contribution < -0.4 is 5.32 Å². The van der Waals surface area contributed by atoms with Crippen LogP contribution in [0.3, 0.4) is 0 Å². The molecule has 0 aliphatic rings. The van der Waals surface area contributed by atoms with E-state index in [1.807, 2.05) is 24.4 Å². The van der Waals surface area contributed by atoms with E-state index in [0.717, 1.165) is 21.3 Å². The number of esters is 1. The molecule has 23 heavy (non-hydrogen) atoms. The number of hydrogen-bond donors (Lipinski definition) is 1. The molecule has 3 aromatic heterocycles. The van der Waals surface area contributed by atoms with Crippen molar-refractivity contribution in [3.05, 3.63) is 46.7 Å². The van der Waals surface area contributed by atoms with Crippen LogP contribution in [0.4, 0.5) is 5.95 Å². The molecule has 6 nitrogen and oxygen atoms in total. The number of rotatable bonds is 5. The first kappa shape index (κ1) is 15.4. The fourth-order valence-corrected chi connectivity index (χ4v) is 2.98. The number of carbonyl (C=O) groups is 1. The molecular weight excluding hydrogens is 312 g/mol. The van der Waals surface area contributed by atoms with Gasteiger partial charge in [-0.15, -0.1) is 11.3 Å². The third-order valence-electron chi connectivity index (χ3n) is 3.15. The molecular formula is C16H16N4O2S. The van der Waals surface area contributed by atoms with Crippen LogP contribution in [0.2, 0.25) is 0 Å². The molecule has 1 N–H and O–H groups in total. The van der Waals surface area contributed by atoms with Crippen LogP contribution in [0.25, 0.3) is 10.2 Å². The predicted octanol–water partition coefficient (Wildman–Crippen LogP) is 3.18. The summed E-state index contributed by atoms with van der Waals surface area (Å²) < 4.78 is 5.82. The fraction of sp³-hybridized carbons (Fsp3) is 0.250. The lowest BCUT2D eigenvalue weighted by Crippen LogP contribution is -2.11. The molecule has 0 aliphatic carbocycles. The molecule has 0 spiro atoms. The summed E-state index contributed by atoms with van der Waals surface area (Å²) in [6, 6.07) is 3.90. The largest absolute Gasteiger partial charge is 0.461 e. The van der Waals surface area contributed by atoms with Crippen LogP contribution in [0.1, 0.15) is 28.5 Å². The maximum Gasteiger partial charge on any atom is 0.358 e. The summed E-state index contributed by atoms with van der Waals surface area (Å²) in [4.78, 5) is 25.0. The Bertz CT molecular complexity index is 847. The Morgan fingerprint density at radius 2 is 2.22 bits per heavy atom. The van der Waals surface area contributed by atoms with Gasteiger partial charge in [-0.25, -0.2) is 14.8 Å². The quantitative estimate of drug-likeness (QED) is 0.725. The maximum atomic E-state index is 12.1. The van der Waals surface area contributed by atoms with Gasteiger partial charge in [0.05, 0.1) is 16.8 Å². The lowest BCUT2D eigenvalue weighted by molar-refractivity contribution is 0.0522. The number of hydrogen-bond acceptors (Lipinski definition) is 7. The van der Waals surface area contributed by atoms with Gasteiger partial charge < -0.3 is 10.1 Å². The highest BCUT2D eigenvalue weighted by atomic mass is 32.1. The number of pyridine rings is 1. The molecule has 0 saturated carbocycles. The topological polar surface area (TPSA) is 77.0 Å². The summed E-state index contributed by atoms with van der Waals surface area (Å²) in [5.41, 5.74) is 3.15. The normalized spacial score (nSPS) is 10.7. The first-order chi connectivity index (χ1) is 11.2. The Morgan fingerprint density at radius 1 is 1.35 bits per heavy atom. The number of nitrogens with one attached hydrogen (secondary N) is 1. The molecule has 3 rings (SSSR count). The van der Waals surface area contributed by atoms with Crippen molar-refractivity contribution in [2.24, 2.45) is 0 Å². The highest BCUT2D eigenvalue weighted by Crippen LogP contribution is 2.24. The van der Waals surface area contributed by atoms with Crippen LogP contribution >= 0.6 is 11.3 Å². The highest BCUT2D eigenvalue weighted by Gasteiger charge is 2.17. The number of aromatic nitrogens is 3. The van der Waals surface area contributed by atoms with Gasteiger partial charge in [-0.05, 0) is 36.4 Å². The molecule has 0 atom stereocenters. The van der Waals surface area contributed by atoms with Crippen LogP contribution in [0, 0.1) is 6.92 Å². The molecule has 0 aliphatic heterocycles. The van der Waals surface area contributed by atoms with Gasteiger partial charge in [0, 0.05) is 18.9 Å². The molecule has 3 heterocycles. The third kappa shape index (κ3) is 3.45. The minimum Gasteiger partial charge on any atom is -0.461 e. The average Bonchev–Trinajstić information content (AvgIpc) is 3.01. The Kier molecular flexibility index (Phi) is 4.47. The van der Waals surface area contributed by atoms with Crippen molar-refractivity contribution in [1.29, 1.82) is 0 Å². The van der Waals surface area contributed by atoms with E-state index in [4.69, 9.17) is 4.74 Å². The number of ether oxygens (including phenoxy) is 1. The van der Waals surface area contributed by atoms with Crippen LogP contribution in [-0.4, -0.2) is 27.5 Å². The number of fused-ring (bicyclic) bond motifs is 1. The van der Waals surface area contributed by atoms with Crippen LogP contribution in [0.5, 0.6) is 0 Å². The van der Waals surface area contributed by atoms with E-state index in [2.05, 4.69) is 20.3 Å². The maximum absolute atomic E-state index is 12.1. The monoisotopic (exact) mass is 328 g/mol. The second-order valence-corrected chi connectivity index (χ2v) is 5.89. The Labute approximate surface area is 137 Å². The molecule has 3 aromatic rings. The van der Waals surface area contributed by atoms with Gasteiger partial charge in [0.2, 0.25) is 5.95 Å². The summed E-state index contributed by atoms with van der Waals surface area (Å²) in [6.45, 7) is 4.61. The summed E-state index contributed by atoms with van der Waals surface area (Å²) in [5, 5.41) is 5.03. The molecule has 0 saturated heterocycles. The summed E-state index contributed by atoms with van der Waals surface area (Å²) >= 11 is 1.43. The number of aryl methyl sites for hydroxylation is 1. The zero-order chi connectivity index (χ0) is 16.2. The zero-order valence-corrected chi connectivity index (χ0v) is 13.7. The van der Waals surface area contributed by atoms with E-state index in [9.17, 15) is 4.79 Å². The first-order valence-corrected chi connectivity index (χ1v) is 8.12. The van der Waals surface area contributed by atoms with E-state index in [1.54, 1.807) is 19.3 Å². The molecule has 0 fully saturated rings. The fourth-order valence-electron chi connectivity index (χ4n) is 2.18. The molecule has 0 unspecified atom stereocenters. The molecule has 7 heteroatoms. The van der Waals surface area contributed by atoms with Crippen molar-refractivity contribution < 1.29 is 9.53 Å². The van der Waals surface area contributed by atoms with Crippen molar-refractivity contribution in [2.45, 2.75) is 20.4 Å². The zero-order valence-electron chi connectivity index (χ0n) is 12.9. The molecule has 0 amide bonds. The van der Waals surface area contributed by atoms with Crippen molar-refractivity contribution in [3.8, 4) is 0 Å². The van der Waals surface area contributed by atoms with E-state index >= 15 is 0 Å². The Balaban J connectivity index is 1.87. The van der Waals surface area contributed by atoms with Crippen molar-refractivity contribution in [2.75, 3.05) is 11.9 Å². The predicted molar refractivity (Wildman–Crippen MR) is 89.7 cm³/mol. The van der Waals surface area contributed by atoms with Gasteiger partial charge >= 0.3 is 5.97 Å². The van der Waals surface area contributed by atoms with Gasteiger partial charge in [0.1, 0.15) is 0 Å². The van der Waals surface area contributed by atoms with Gasteiger partial charge in [0.15, 0.2) is 5.69 Å². The van der Waals surface area contributed by atoms with Crippen molar-refractivity contribution in [1.82, 2.24) is 15.0 Å². The minimum absolute atomic E-state index is 0.303. The summed E-state index contributed by atoms with van der Waals surface area (Å²) in [6.07, 6.45) is 3.59. The van der Waals surface area contributed by atoms with Gasteiger partial charge in [-0.2, -0.15) is 0 Å². The Hall–Kier alpha value is -2.54. The lowest BCUT2D eigenvalue weighted by Gasteiger charge is -2.08. The van der Waals surface area contributed by atoms with Gasteiger partial charge in [-0.3, -0.25) is 4.98 Å². The van der Waals surface area contributed by atoms with E-state index < -0.39 is 5.97 Å². The average molecular weight is 328 g/mol.